The largest absolute Gasteiger partial charge is 0.271 e. The molecule has 2 atom stereocenters. The zero-order valence-electron chi connectivity index (χ0n) is 32.5. The SMILES string of the molecule is C=Cc1cc(-c2ccccc2)ccc1-c1cc(C(C)N(CCC)C(N=C(C)c2cccc(-c3ccccc3)c2)c2cccc(-c3ccccc3)c2)ccc1C. The summed E-state index contributed by atoms with van der Waals surface area (Å²) in [5, 5.41) is 0. The van der Waals surface area contributed by atoms with Crippen LogP contribution in [-0.2, 0) is 0 Å². The van der Waals surface area contributed by atoms with Gasteiger partial charge in [-0.1, -0.05) is 171 Å². The van der Waals surface area contributed by atoms with Crippen LogP contribution in [0.3, 0.4) is 0 Å². The Kier molecular flexibility index (Phi) is 11.8. The second kappa shape index (κ2) is 17.4. The first-order valence-corrected chi connectivity index (χ1v) is 19.5. The quantitative estimate of drug-likeness (QED) is 0.109. The summed E-state index contributed by atoms with van der Waals surface area (Å²) in [6, 6.07) is 63.3. The van der Waals surface area contributed by atoms with Crippen LogP contribution in [0.15, 0.2) is 187 Å². The number of hydrogen-bond acceptors (Lipinski definition) is 2. The number of benzene rings is 7. The minimum Gasteiger partial charge on any atom is -0.271 e. The van der Waals surface area contributed by atoms with Gasteiger partial charge >= 0.3 is 0 Å². The third-order valence-electron chi connectivity index (χ3n) is 10.7. The lowest BCUT2D eigenvalue weighted by Crippen LogP contribution is -2.32. The Hall–Kier alpha value is -6.09. The minimum absolute atomic E-state index is 0.0765. The van der Waals surface area contributed by atoms with Crippen LogP contribution in [0.5, 0.6) is 0 Å². The first-order valence-electron chi connectivity index (χ1n) is 19.5. The molecule has 0 N–H and O–H groups in total. The van der Waals surface area contributed by atoms with Crippen LogP contribution in [0.2, 0.25) is 0 Å². The molecule has 7 aromatic carbocycles. The molecule has 0 aliphatic rings. The van der Waals surface area contributed by atoms with Crippen molar-refractivity contribution in [2.24, 2.45) is 4.99 Å². The van der Waals surface area contributed by atoms with E-state index >= 15 is 0 Å². The summed E-state index contributed by atoms with van der Waals surface area (Å²) < 4.78 is 0. The number of aryl methyl sites for hydroxylation is 1. The van der Waals surface area contributed by atoms with Crippen LogP contribution in [0.4, 0.5) is 0 Å². The Labute approximate surface area is 328 Å². The van der Waals surface area contributed by atoms with E-state index in [1.807, 2.05) is 6.08 Å². The lowest BCUT2D eigenvalue weighted by atomic mass is 9.90. The number of nitrogens with zero attached hydrogens (tertiary/aromatic N) is 2. The van der Waals surface area contributed by atoms with E-state index in [0.29, 0.717) is 0 Å². The van der Waals surface area contributed by atoms with E-state index in [2.05, 4.69) is 215 Å². The van der Waals surface area contributed by atoms with Crippen LogP contribution in [-0.4, -0.2) is 17.2 Å². The van der Waals surface area contributed by atoms with Crippen molar-refractivity contribution in [1.82, 2.24) is 4.90 Å². The summed E-state index contributed by atoms with van der Waals surface area (Å²) in [7, 11) is 0. The summed E-state index contributed by atoms with van der Waals surface area (Å²) in [4.78, 5) is 8.22. The van der Waals surface area contributed by atoms with E-state index in [0.717, 1.165) is 29.8 Å². The second-order valence-corrected chi connectivity index (χ2v) is 14.4. The van der Waals surface area contributed by atoms with Crippen molar-refractivity contribution < 1.29 is 0 Å². The van der Waals surface area contributed by atoms with Gasteiger partial charge in [-0.3, -0.25) is 9.89 Å². The molecule has 2 nitrogen and oxygen atoms in total. The van der Waals surface area contributed by atoms with Gasteiger partial charge in [-0.05, 0) is 124 Å². The van der Waals surface area contributed by atoms with E-state index in [-0.39, 0.29) is 12.2 Å². The van der Waals surface area contributed by atoms with Crippen LogP contribution >= 0.6 is 0 Å². The number of hydrogen-bond donors (Lipinski definition) is 0. The van der Waals surface area contributed by atoms with Gasteiger partial charge in [-0.2, -0.15) is 0 Å². The van der Waals surface area contributed by atoms with Crippen molar-refractivity contribution >= 4 is 11.8 Å². The Bertz CT molecular complexity index is 2390. The van der Waals surface area contributed by atoms with Crippen molar-refractivity contribution in [2.75, 3.05) is 6.54 Å². The normalized spacial score (nSPS) is 12.7. The second-order valence-electron chi connectivity index (χ2n) is 14.4. The zero-order valence-corrected chi connectivity index (χ0v) is 32.5. The molecule has 0 amide bonds. The molecular formula is C53H50N2. The van der Waals surface area contributed by atoms with E-state index in [9.17, 15) is 0 Å². The van der Waals surface area contributed by atoms with Crippen molar-refractivity contribution in [1.29, 1.82) is 0 Å². The molecule has 7 rings (SSSR count). The van der Waals surface area contributed by atoms with Crippen molar-refractivity contribution in [3.05, 3.63) is 210 Å². The standard InChI is InChI=1S/C53H50N2/c1-6-33-55(40(5)46-30-29-38(3)52(37-46)51-32-31-49(34-41(51)7-2)44-23-15-10-16-24-44)53(50-28-18-27-48(36-50)43-21-13-9-14-22-43)54-39(4)45-25-17-26-47(35-45)42-19-11-8-12-20-42/h7-32,34-37,40,53H,2,6,33H2,1,3-5H3. The van der Waals surface area contributed by atoms with Gasteiger partial charge in [0.15, 0.2) is 0 Å². The topological polar surface area (TPSA) is 15.6 Å². The van der Waals surface area contributed by atoms with Gasteiger partial charge in [-0.15, -0.1) is 0 Å². The lowest BCUT2D eigenvalue weighted by molar-refractivity contribution is 0.148. The Morgan fingerprint density at radius 3 is 1.75 bits per heavy atom. The molecule has 0 saturated heterocycles. The zero-order chi connectivity index (χ0) is 38.1. The monoisotopic (exact) mass is 714 g/mol. The predicted octanol–water partition coefficient (Wildman–Crippen LogP) is 14.3. The van der Waals surface area contributed by atoms with Crippen LogP contribution < -0.4 is 0 Å². The van der Waals surface area contributed by atoms with Crippen molar-refractivity contribution in [3.8, 4) is 44.5 Å². The van der Waals surface area contributed by atoms with Gasteiger partial charge < -0.3 is 0 Å². The van der Waals surface area contributed by atoms with E-state index < -0.39 is 0 Å². The van der Waals surface area contributed by atoms with Gasteiger partial charge in [0, 0.05) is 18.3 Å². The smallest absolute Gasteiger partial charge is 0.128 e. The summed E-state index contributed by atoms with van der Waals surface area (Å²) in [6.45, 7) is 14.1. The molecule has 0 aliphatic heterocycles. The molecule has 55 heavy (non-hydrogen) atoms. The summed E-state index contributed by atoms with van der Waals surface area (Å²) >= 11 is 0. The maximum Gasteiger partial charge on any atom is 0.128 e. The maximum atomic E-state index is 5.65. The molecule has 2 heteroatoms. The van der Waals surface area contributed by atoms with Gasteiger partial charge in [0.2, 0.25) is 0 Å². The van der Waals surface area contributed by atoms with E-state index in [1.165, 1.54) is 61.2 Å². The summed E-state index contributed by atoms with van der Waals surface area (Å²) in [6.07, 6.45) is 2.77. The highest BCUT2D eigenvalue weighted by Gasteiger charge is 2.27. The first kappa shape index (κ1) is 37.2. The first-order chi connectivity index (χ1) is 26.9. The minimum atomic E-state index is -0.211. The van der Waals surface area contributed by atoms with Crippen molar-refractivity contribution in [3.63, 3.8) is 0 Å². The third-order valence-corrected chi connectivity index (χ3v) is 10.7. The predicted molar refractivity (Wildman–Crippen MR) is 236 cm³/mol. The molecule has 272 valence electrons. The molecule has 0 spiro atoms. The van der Waals surface area contributed by atoms with Crippen LogP contribution in [0.25, 0.3) is 50.6 Å². The lowest BCUT2D eigenvalue weighted by Gasteiger charge is -2.35. The summed E-state index contributed by atoms with van der Waals surface area (Å²) in [5.41, 5.74) is 16.6. The van der Waals surface area contributed by atoms with Gasteiger partial charge in [0.1, 0.15) is 6.17 Å². The number of aliphatic imine (C=N–C) groups is 1. The van der Waals surface area contributed by atoms with Gasteiger partial charge in [-0.25, -0.2) is 0 Å². The van der Waals surface area contributed by atoms with Crippen molar-refractivity contribution in [2.45, 2.75) is 46.3 Å². The molecule has 0 fully saturated rings. The Morgan fingerprint density at radius 1 is 0.582 bits per heavy atom. The van der Waals surface area contributed by atoms with E-state index in [1.54, 1.807) is 0 Å². The fourth-order valence-corrected chi connectivity index (χ4v) is 7.62. The molecule has 0 radical (unpaired) electrons. The molecule has 7 aromatic rings. The molecule has 0 aromatic heterocycles. The highest BCUT2D eigenvalue weighted by Crippen LogP contribution is 2.38. The van der Waals surface area contributed by atoms with Crippen LogP contribution in [0, 0.1) is 6.92 Å². The molecule has 0 bridgehead atoms. The summed E-state index contributed by atoms with van der Waals surface area (Å²) in [5.74, 6) is 0. The Balaban J connectivity index is 1.31. The molecule has 0 heterocycles. The number of rotatable bonds is 13. The molecular weight excluding hydrogens is 665 g/mol. The highest BCUT2D eigenvalue weighted by atomic mass is 15.3. The van der Waals surface area contributed by atoms with E-state index in [4.69, 9.17) is 4.99 Å². The molecule has 2 unspecified atom stereocenters. The average molecular weight is 715 g/mol. The van der Waals surface area contributed by atoms with Gasteiger partial charge in [0.25, 0.3) is 0 Å². The maximum absolute atomic E-state index is 5.65. The van der Waals surface area contributed by atoms with Gasteiger partial charge in [0.05, 0.1) is 0 Å². The molecule has 0 aliphatic carbocycles. The Morgan fingerprint density at radius 2 is 1.15 bits per heavy atom. The van der Waals surface area contributed by atoms with Crippen LogP contribution in [0.1, 0.15) is 67.2 Å². The average Bonchev–Trinajstić information content (AvgIpc) is 3.25. The molecule has 0 saturated carbocycles. The third kappa shape index (κ3) is 8.51. The fourth-order valence-electron chi connectivity index (χ4n) is 7.62. The fraction of sp³-hybridized carbons (Fsp3) is 0.151. The highest BCUT2D eigenvalue weighted by molar-refractivity contribution is 6.00.